The maximum Gasteiger partial charge on any atom is 0.0401 e. The van der Waals surface area contributed by atoms with Crippen molar-refractivity contribution in [1.29, 1.82) is 0 Å². The van der Waals surface area contributed by atoms with E-state index in [0.717, 1.165) is 19.5 Å². The average molecular weight is 286 g/mol. The molecule has 116 valence electrons. The summed E-state index contributed by atoms with van der Waals surface area (Å²) in [6, 6.07) is 7.35. The van der Waals surface area contributed by atoms with Crippen LogP contribution in [-0.2, 0) is 12.8 Å². The van der Waals surface area contributed by atoms with Crippen LogP contribution >= 0.6 is 0 Å². The molecule has 0 radical (unpaired) electrons. The lowest BCUT2D eigenvalue weighted by Gasteiger charge is -2.40. The van der Waals surface area contributed by atoms with Crippen LogP contribution in [0.4, 0.5) is 5.69 Å². The standard InChI is InChI=1S/C19H30N2/c1-2-3-7-16-14-21(13-12-18(16)20)19-11-6-9-15-8-4-5-10-17(15)19/h6,9,11,16,18H,2-5,7-8,10,12-14,20H2,1H3/t16-,18+/m0/s1. The second-order valence-electron chi connectivity index (χ2n) is 6.92. The molecular formula is C19H30N2. The Morgan fingerprint density at radius 1 is 1.24 bits per heavy atom. The molecule has 2 N–H and O–H groups in total. The van der Waals surface area contributed by atoms with Crippen LogP contribution in [0.15, 0.2) is 18.2 Å². The lowest BCUT2D eigenvalue weighted by molar-refractivity contribution is 0.330. The Bertz CT molecular complexity index is 469. The normalized spacial score (nSPS) is 25.7. The number of hydrogen-bond acceptors (Lipinski definition) is 2. The summed E-state index contributed by atoms with van der Waals surface area (Å²) in [6.07, 6.45) is 10.3. The van der Waals surface area contributed by atoms with Crippen LogP contribution < -0.4 is 10.6 Å². The molecule has 2 aliphatic rings. The number of anilines is 1. The first kappa shape index (κ1) is 14.9. The monoisotopic (exact) mass is 286 g/mol. The topological polar surface area (TPSA) is 29.3 Å². The summed E-state index contributed by atoms with van der Waals surface area (Å²) in [6.45, 7) is 4.58. The second kappa shape index (κ2) is 6.83. The lowest BCUT2D eigenvalue weighted by Crippen LogP contribution is -2.47. The molecule has 0 spiro atoms. The molecule has 2 atom stereocenters. The molecule has 0 amide bonds. The molecular weight excluding hydrogens is 256 g/mol. The predicted molar refractivity (Wildman–Crippen MR) is 90.9 cm³/mol. The molecule has 0 bridgehead atoms. The third-order valence-electron chi connectivity index (χ3n) is 5.43. The highest BCUT2D eigenvalue weighted by Gasteiger charge is 2.28. The fourth-order valence-corrected chi connectivity index (χ4v) is 4.10. The third-order valence-corrected chi connectivity index (χ3v) is 5.43. The van der Waals surface area contributed by atoms with Gasteiger partial charge in [-0.15, -0.1) is 0 Å². The van der Waals surface area contributed by atoms with E-state index >= 15 is 0 Å². The summed E-state index contributed by atoms with van der Waals surface area (Å²) in [4.78, 5) is 2.63. The molecule has 1 heterocycles. The van der Waals surface area contributed by atoms with Gasteiger partial charge in [-0.1, -0.05) is 31.9 Å². The van der Waals surface area contributed by atoms with E-state index in [4.69, 9.17) is 5.73 Å². The zero-order chi connectivity index (χ0) is 14.7. The number of fused-ring (bicyclic) bond motifs is 1. The molecule has 2 heteroatoms. The van der Waals surface area contributed by atoms with E-state index in [1.165, 1.54) is 50.6 Å². The first-order chi connectivity index (χ1) is 10.3. The molecule has 1 aliphatic heterocycles. The Kier molecular flexibility index (Phi) is 4.84. The Balaban J connectivity index is 1.77. The first-order valence-electron chi connectivity index (χ1n) is 8.91. The van der Waals surface area contributed by atoms with Crippen molar-refractivity contribution in [2.75, 3.05) is 18.0 Å². The van der Waals surface area contributed by atoms with Crippen molar-refractivity contribution in [2.45, 2.75) is 64.3 Å². The third kappa shape index (κ3) is 3.26. The van der Waals surface area contributed by atoms with Crippen LogP contribution in [0.1, 0.15) is 56.6 Å². The van der Waals surface area contributed by atoms with Gasteiger partial charge in [-0.2, -0.15) is 0 Å². The van der Waals surface area contributed by atoms with Crippen molar-refractivity contribution in [3.05, 3.63) is 29.3 Å². The maximum absolute atomic E-state index is 6.37. The first-order valence-corrected chi connectivity index (χ1v) is 8.91. The summed E-state index contributed by atoms with van der Waals surface area (Å²) >= 11 is 0. The molecule has 1 aromatic carbocycles. The van der Waals surface area contributed by atoms with Crippen LogP contribution in [0.5, 0.6) is 0 Å². The summed E-state index contributed by atoms with van der Waals surface area (Å²) in [5.41, 5.74) is 11.1. The molecule has 0 unspecified atom stereocenters. The largest absolute Gasteiger partial charge is 0.371 e. The van der Waals surface area contributed by atoms with Gasteiger partial charge in [-0.25, -0.2) is 0 Å². The van der Waals surface area contributed by atoms with Crippen LogP contribution in [0.2, 0.25) is 0 Å². The minimum absolute atomic E-state index is 0.410. The highest BCUT2D eigenvalue weighted by atomic mass is 15.1. The number of aryl methyl sites for hydroxylation is 1. The number of unbranched alkanes of at least 4 members (excludes halogenated alkanes) is 1. The number of benzene rings is 1. The van der Waals surface area contributed by atoms with Crippen molar-refractivity contribution in [3.8, 4) is 0 Å². The Morgan fingerprint density at radius 3 is 2.95 bits per heavy atom. The molecule has 1 fully saturated rings. The molecule has 2 nitrogen and oxygen atoms in total. The Labute approximate surface area is 129 Å². The molecule has 0 saturated carbocycles. The Morgan fingerprint density at radius 2 is 2.10 bits per heavy atom. The number of nitrogens with two attached hydrogens (primary N) is 1. The zero-order valence-electron chi connectivity index (χ0n) is 13.5. The van der Waals surface area contributed by atoms with Crippen LogP contribution in [0.25, 0.3) is 0 Å². The van der Waals surface area contributed by atoms with Gasteiger partial charge in [0.25, 0.3) is 0 Å². The minimum atomic E-state index is 0.410. The van der Waals surface area contributed by atoms with E-state index in [2.05, 4.69) is 30.0 Å². The second-order valence-corrected chi connectivity index (χ2v) is 6.92. The van der Waals surface area contributed by atoms with Crippen LogP contribution in [-0.4, -0.2) is 19.1 Å². The molecule has 1 aromatic rings. The van der Waals surface area contributed by atoms with Crippen LogP contribution in [0, 0.1) is 5.92 Å². The number of piperidine rings is 1. The lowest BCUT2D eigenvalue weighted by atomic mass is 9.86. The van der Waals surface area contributed by atoms with Gasteiger partial charge in [0.1, 0.15) is 0 Å². The summed E-state index contributed by atoms with van der Waals surface area (Å²) < 4.78 is 0. The van der Waals surface area contributed by atoms with Gasteiger partial charge in [0.05, 0.1) is 0 Å². The average Bonchev–Trinajstić information content (AvgIpc) is 2.54. The summed E-state index contributed by atoms with van der Waals surface area (Å²) in [5, 5.41) is 0. The smallest absolute Gasteiger partial charge is 0.0401 e. The fraction of sp³-hybridized carbons (Fsp3) is 0.684. The van der Waals surface area contributed by atoms with E-state index in [0.29, 0.717) is 12.0 Å². The molecule has 3 rings (SSSR count). The van der Waals surface area contributed by atoms with Crippen molar-refractivity contribution < 1.29 is 0 Å². The SMILES string of the molecule is CCCC[C@H]1CN(c2cccc3c2CCCC3)CC[C@H]1N. The van der Waals surface area contributed by atoms with E-state index < -0.39 is 0 Å². The highest BCUT2D eigenvalue weighted by Crippen LogP contribution is 2.33. The van der Waals surface area contributed by atoms with Crippen molar-refractivity contribution in [2.24, 2.45) is 11.7 Å². The van der Waals surface area contributed by atoms with E-state index in [1.54, 1.807) is 11.1 Å². The van der Waals surface area contributed by atoms with E-state index in [1.807, 2.05) is 0 Å². The number of nitrogens with zero attached hydrogens (tertiary/aromatic N) is 1. The van der Waals surface area contributed by atoms with Gasteiger partial charge in [0, 0.05) is 24.8 Å². The van der Waals surface area contributed by atoms with Gasteiger partial charge in [0.2, 0.25) is 0 Å². The molecule has 1 saturated heterocycles. The van der Waals surface area contributed by atoms with E-state index in [9.17, 15) is 0 Å². The molecule has 21 heavy (non-hydrogen) atoms. The minimum Gasteiger partial charge on any atom is -0.371 e. The predicted octanol–water partition coefficient (Wildman–Crippen LogP) is 3.91. The summed E-state index contributed by atoms with van der Waals surface area (Å²) in [5.74, 6) is 0.679. The van der Waals surface area contributed by atoms with Crippen LogP contribution in [0.3, 0.4) is 0 Å². The quantitative estimate of drug-likeness (QED) is 0.909. The van der Waals surface area contributed by atoms with Crippen molar-refractivity contribution >= 4 is 5.69 Å². The van der Waals surface area contributed by atoms with Gasteiger partial charge < -0.3 is 10.6 Å². The fourth-order valence-electron chi connectivity index (χ4n) is 4.10. The Hall–Kier alpha value is -1.02. The summed E-state index contributed by atoms with van der Waals surface area (Å²) in [7, 11) is 0. The van der Waals surface area contributed by atoms with E-state index in [-0.39, 0.29) is 0 Å². The number of hydrogen-bond donors (Lipinski definition) is 1. The van der Waals surface area contributed by atoms with Gasteiger partial charge in [-0.3, -0.25) is 0 Å². The maximum atomic E-state index is 6.37. The molecule has 0 aromatic heterocycles. The van der Waals surface area contributed by atoms with Crippen molar-refractivity contribution in [1.82, 2.24) is 0 Å². The van der Waals surface area contributed by atoms with Gasteiger partial charge >= 0.3 is 0 Å². The van der Waals surface area contributed by atoms with Gasteiger partial charge in [0.15, 0.2) is 0 Å². The highest BCUT2D eigenvalue weighted by molar-refractivity contribution is 5.58. The zero-order valence-corrected chi connectivity index (χ0v) is 13.5. The van der Waals surface area contributed by atoms with Crippen molar-refractivity contribution in [3.63, 3.8) is 0 Å². The number of rotatable bonds is 4. The molecule has 1 aliphatic carbocycles. The van der Waals surface area contributed by atoms with Gasteiger partial charge in [-0.05, 0) is 61.6 Å².